The van der Waals surface area contributed by atoms with Gasteiger partial charge in [0.25, 0.3) is 17.4 Å². The molecule has 1 saturated carbocycles. The van der Waals surface area contributed by atoms with Crippen molar-refractivity contribution in [2.75, 3.05) is 0 Å². The van der Waals surface area contributed by atoms with Gasteiger partial charge in [-0.3, -0.25) is 24.4 Å². The van der Waals surface area contributed by atoms with Crippen LogP contribution < -0.4 is 16.3 Å². The van der Waals surface area contributed by atoms with Crippen LogP contribution in [0.25, 0.3) is 10.9 Å². The summed E-state index contributed by atoms with van der Waals surface area (Å²) in [7, 11) is 0. The summed E-state index contributed by atoms with van der Waals surface area (Å²) >= 11 is 0. The summed E-state index contributed by atoms with van der Waals surface area (Å²) in [5.74, 6) is -1.73. The molecule has 0 atom stereocenters. The summed E-state index contributed by atoms with van der Waals surface area (Å²) in [4.78, 5) is 53.6. The highest BCUT2D eigenvalue weighted by Gasteiger charge is 2.52. The van der Waals surface area contributed by atoms with Gasteiger partial charge in [-0.15, -0.1) is 0 Å². The molecule has 1 saturated heterocycles. The zero-order valence-electron chi connectivity index (χ0n) is 14.9. The van der Waals surface area contributed by atoms with Gasteiger partial charge >= 0.3 is 6.03 Å². The number of hydrazine groups is 1. The van der Waals surface area contributed by atoms with Gasteiger partial charge in [0, 0.05) is 6.07 Å². The van der Waals surface area contributed by atoms with Crippen LogP contribution in [0.2, 0.25) is 0 Å². The number of aromatic nitrogens is 2. The Hall–Kier alpha value is -3.30. The monoisotopic (exact) mass is 387 g/mol. The molecule has 0 bridgehead atoms. The molecule has 2 heterocycles. The summed E-state index contributed by atoms with van der Waals surface area (Å²) in [6, 6.07) is 2.86. The summed E-state index contributed by atoms with van der Waals surface area (Å²) in [6.45, 7) is -0.441. The number of halogens is 1. The van der Waals surface area contributed by atoms with Gasteiger partial charge in [-0.25, -0.2) is 14.2 Å². The van der Waals surface area contributed by atoms with E-state index in [0.717, 1.165) is 42.3 Å². The van der Waals surface area contributed by atoms with E-state index in [0.29, 0.717) is 17.9 Å². The zero-order chi connectivity index (χ0) is 19.9. The molecule has 4 amide bonds. The first-order valence-corrected chi connectivity index (χ1v) is 9.00. The normalized spacial score (nSPS) is 18.5. The minimum absolute atomic E-state index is 0.160. The number of imide groups is 1. The third-order valence-corrected chi connectivity index (χ3v) is 5.21. The number of nitrogens with zero attached hydrogens (tertiary/aromatic N) is 3. The molecule has 1 aliphatic heterocycles. The molecule has 1 spiro atoms. The number of benzene rings is 1. The number of hydrogen-bond acceptors (Lipinski definition) is 5. The van der Waals surface area contributed by atoms with E-state index in [-0.39, 0.29) is 10.9 Å². The highest BCUT2D eigenvalue weighted by molar-refractivity contribution is 6.08. The molecule has 0 unspecified atom stereocenters. The molecular weight excluding hydrogens is 369 g/mol. The number of rotatable bonds is 3. The molecule has 2 fully saturated rings. The van der Waals surface area contributed by atoms with E-state index < -0.39 is 41.3 Å². The molecule has 10 heteroatoms. The first-order valence-electron chi connectivity index (χ1n) is 9.00. The molecule has 0 radical (unpaired) electrons. The number of urea groups is 1. The molecule has 2 aliphatic rings. The quantitative estimate of drug-likeness (QED) is 0.757. The van der Waals surface area contributed by atoms with E-state index in [1.165, 1.54) is 6.07 Å². The van der Waals surface area contributed by atoms with Gasteiger partial charge in [0.15, 0.2) is 0 Å². The Morgan fingerprint density at radius 2 is 1.96 bits per heavy atom. The largest absolute Gasteiger partial charge is 0.344 e. The summed E-state index contributed by atoms with van der Waals surface area (Å²) < 4.78 is 14.3. The van der Waals surface area contributed by atoms with Gasteiger partial charge in [-0.1, -0.05) is 19.3 Å². The van der Waals surface area contributed by atoms with Crippen molar-refractivity contribution in [3.05, 3.63) is 40.7 Å². The molecule has 1 aromatic carbocycles. The second-order valence-electron chi connectivity index (χ2n) is 7.09. The van der Waals surface area contributed by atoms with Crippen molar-refractivity contribution in [1.29, 1.82) is 0 Å². The molecule has 28 heavy (non-hydrogen) atoms. The third-order valence-electron chi connectivity index (χ3n) is 5.21. The van der Waals surface area contributed by atoms with Gasteiger partial charge in [-0.05, 0) is 25.0 Å². The Labute approximate surface area is 158 Å². The van der Waals surface area contributed by atoms with Crippen molar-refractivity contribution in [1.82, 2.24) is 25.3 Å². The van der Waals surface area contributed by atoms with Crippen molar-refractivity contribution in [3.8, 4) is 0 Å². The number of amides is 4. The number of nitrogens with one attached hydrogen (secondary N) is 2. The molecule has 4 rings (SSSR count). The minimum Gasteiger partial charge on any atom is -0.322 e. The fourth-order valence-electron chi connectivity index (χ4n) is 3.77. The second-order valence-corrected chi connectivity index (χ2v) is 7.09. The van der Waals surface area contributed by atoms with Crippen LogP contribution >= 0.6 is 0 Å². The van der Waals surface area contributed by atoms with Gasteiger partial charge in [0.05, 0.1) is 17.2 Å². The van der Waals surface area contributed by atoms with E-state index in [1.54, 1.807) is 0 Å². The number of carbonyl (C=O) groups excluding carboxylic acids is 3. The first kappa shape index (κ1) is 18.1. The molecular formula is C18H18FN5O4. The van der Waals surface area contributed by atoms with E-state index in [4.69, 9.17) is 0 Å². The van der Waals surface area contributed by atoms with Crippen LogP contribution in [-0.4, -0.2) is 37.9 Å². The van der Waals surface area contributed by atoms with E-state index in [9.17, 15) is 23.6 Å². The Balaban J connectivity index is 1.50. The lowest BCUT2D eigenvalue weighted by Gasteiger charge is -2.30. The van der Waals surface area contributed by atoms with Crippen molar-refractivity contribution in [2.24, 2.45) is 0 Å². The van der Waals surface area contributed by atoms with E-state index in [2.05, 4.69) is 15.7 Å². The maximum atomic E-state index is 13.2. The molecule has 2 N–H and O–H groups in total. The van der Waals surface area contributed by atoms with Crippen LogP contribution in [-0.2, 0) is 16.1 Å². The van der Waals surface area contributed by atoms with Crippen LogP contribution in [0.4, 0.5) is 9.18 Å². The average Bonchev–Trinajstić information content (AvgIpc) is 2.88. The van der Waals surface area contributed by atoms with Gasteiger partial charge in [-0.2, -0.15) is 5.01 Å². The highest BCUT2D eigenvalue weighted by Crippen LogP contribution is 2.32. The Kier molecular flexibility index (Phi) is 4.33. The molecule has 2 aromatic rings. The number of hydrogen-bond donors (Lipinski definition) is 2. The first-order chi connectivity index (χ1) is 13.4. The van der Waals surface area contributed by atoms with Gasteiger partial charge in [0.2, 0.25) is 0 Å². The lowest BCUT2D eigenvalue weighted by Crippen LogP contribution is -2.51. The zero-order valence-corrected chi connectivity index (χ0v) is 14.9. The number of fused-ring (bicyclic) bond motifs is 1. The Bertz CT molecular complexity index is 1040. The average molecular weight is 387 g/mol. The summed E-state index contributed by atoms with van der Waals surface area (Å²) in [5, 5.41) is 3.53. The van der Waals surface area contributed by atoms with Crippen molar-refractivity contribution in [3.63, 3.8) is 0 Å². The molecule has 1 aliphatic carbocycles. The Morgan fingerprint density at radius 3 is 2.71 bits per heavy atom. The van der Waals surface area contributed by atoms with Crippen LogP contribution in [0, 0.1) is 5.82 Å². The molecule has 146 valence electrons. The van der Waals surface area contributed by atoms with E-state index >= 15 is 0 Å². The van der Waals surface area contributed by atoms with E-state index in [1.807, 2.05) is 0 Å². The smallest absolute Gasteiger partial charge is 0.322 e. The predicted molar refractivity (Wildman–Crippen MR) is 95.3 cm³/mol. The minimum atomic E-state index is -0.950. The van der Waals surface area contributed by atoms with Crippen molar-refractivity contribution >= 4 is 28.7 Å². The van der Waals surface area contributed by atoms with Gasteiger partial charge < -0.3 is 5.32 Å². The maximum Gasteiger partial charge on any atom is 0.344 e. The Morgan fingerprint density at radius 1 is 1.21 bits per heavy atom. The maximum absolute atomic E-state index is 13.2. The molecule has 1 aromatic heterocycles. The summed E-state index contributed by atoms with van der Waals surface area (Å²) in [5.41, 5.74) is 0.967. The standard InChI is InChI=1S/C18H18FN5O4/c19-11-4-5-12-13(8-11)20-10-23(15(12)26)9-14(25)22-24-16(27)18(21-17(24)28)6-2-1-3-7-18/h4-5,8,10H,1-3,6-7,9H2,(H,21,28)(H,22,25). The number of carbonyl (C=O) groups is 3. The van der Waals surface area contributed by atoms with Crippen LogP contribution in [0.3, 0.4) is 0 Å². The second kappa shape index (κ2) is 6.70. The lowest BCUT2D eigenvalue weighted by molar-refractivity contribution is -0.140. The van der Waals surface area contributed by atoms with Crippen molar-refractivity contribution < 1.29 is 18.8 Å². The SMILES string of the molecule is O=C(Cn1cnc2cc(F)ccc2c1=O)NN1C(=O)NC2(CCCCC2)C1=O. The molecule has 9 nitrogen and oxygen atoms in total. The third kappa shape index (κ3) is 3.00. The van der Waals surface area contributed by atoms with Gasteiger partial charge in [0.1, 0.15) is 17.9 Å². The van der Waals surface area contributed by atoms with Crippen LogP contribution in [0.15, 0.2) is 29.3 Å². The lowest BCUT2D eigenvalue weighted by atomic mass is 9.82. The van der Waals surface area contributed by atoms with Crippen LogP contribution in [0.5, 0.6) is 0 Å². The topological polar surface area (TPSA) is 113 Å². The van der Waals surface area contributed by atoms with Crippen molar-refractivity contribution in [2.45, 2.75) is 44.2 Å². The highest BCUT2D eigenvalue weighted by atomic mass is 19.1. The predicted octanol–water partition coefficient (Wildman–Crippen LogP) is 0.821. The fourth-order valence-corrected chi connectivity index (χ4v) is 3.77. The fraction of sp³-hybridized carbons (Fsp3) is 0.389. The van der Waals surface area contributed by atoms with Crippen LogP contribution in [0.1, 0.15) is 32.1 Å². The summed E-state index contributed by atoms with van der Waals surface area (Å²) in [6.07, 6.45) is 4.85.